The van der Waals surface area contributed by atoms with Crippen molar-refractivity contribution >= 4 is 22.8 Å². The third kappa shape index (κ3) is 4.71. The van der Waals surface area contributed by atoms with E-state index in [1.165, 1.54) is 0 Å². The van der Waals surface area contributed by atoms with E-state index in [1.54, 1.807) is 26.8 Å². The second-order valence-corrected chi connectivity index (χ2v) is 6.34. The summed E-state index contributed by atoms with van der Waals surface area (Å²) in [6.45, 7) is 5.24. The zero-order valence-electron chi connectivity index (χ0n) is 13.5. The van der Waals surface area contributed by atoms with Gasteiger partial charge in [-0.3, -0.25) is 0 Å². The normalized spacial score (nSPS) is 12.7. The molecule has 0 aliphatic rings. The second-order valence-electron chi connectivity index (χ2n) is 6.34. The molecule has 5 nitrogen and oxygen atoms in total. The Balaban J connectivity index is 2.34. The van der Waals surface area contributed by atoms with Crippen LogP contribution in [0.15, 0.2) is 42.5 Å². The molecule has 0 heterocycles. The molecule has 0 saturated heterocycles. The van der Waals surface area contributed by atoms with Gasteiger partial charge in [0, 0.05) is 12.4 Å². The molecule has 0 aliphatic heterocycles. The van der Waals surface area contributed by atoms with Gasteiger partial charge in [-0.2, -0.15) is 0 Å². The summed E-state index contributed by atoms with van der Waals surface area (Å²) in [5, 5.41) is 15.6. The highest BCUT2D eigenvalue weighted by molar-refractivity contribution is 5.87. The van der Waals surface area contributed by atoms with Gasteiger partial charge in [-0.15, -0.1) is 0 Å². The molecule has 0 unspecified atom stereocenters. The van der Waals surface area contributed by atoms with Gasteiger partial charge in [0.1, 0.15) is 5.60 Å². The average molecular weight is 314 g/mol. The molecule has 2 rings (SSSR count). The number of nitrogens with one attached hydrogen (secondary N) is 1. The number of rotatable bonds is 4. The van der Waals surface area contributed by atoms with E-state index in [0.29, 0.717) is 0 Å². The van der Waals surface area contributed by atoms with E-state index in [9.17, 15) is 14.7 Å². The van der Waals surface area contributed by atoms with Crippen LogP contribution in [0.4, 0.5) is 4.79 Å². The van der Waals surface area contributed by atoms with E-state index in [-0.39, 0.29) is 6.42 Å². The Bertz CT molecular complexity index is 713. The molecule has 0 spiro atoms. The number of carbonyl (C=O) groups is 2. The SMILES string of the molecule is CC(C)(C)OC(=O)N[C@H](CC(=O)[O-])c1cccc2ccccc12. The van der Waals surface area contributed by atoms with Gasteiger partial charge < -0.3 is 20.0 Å². The van der Waals surface area contributed by atoms with Crippen molar-refractivity contribution in [1.82, 2.24) is 5.32 Å². The molecule has 1 atom stereocenters. The Morgan fingerprint density at radius 1 is 1.13 bits per heavy atom. The van der Waals surface area contributed by atoms with E-state index in [2.05, 4.69) is 5.32 Å². The van der Waals surface area contributed by atoms with Crippen LogP contribution in [0, 0.1) is 0 Å². The van der Waals surface area contributed by atoms with Crippen LogP contribution in [0.3, 0.4) is 0 Å². The molecule has 0 saturated carbocycles. The molecule has 0 bridgehead atoms. The maximum atomic E-state index is 12.0. The van der Waals surface area contributed by atoms with Gasteiger partial charge in [0.25, 0.3) is 0 Å². The molecule has 0 aromatic heterocycles. The number of hydrogen-bond acceptors (Lipinski definition) is 4. The fourth-order valence-corrected chi connectivity index (χ4v) is 2.41. The lowest BCUT2D eigenvalue weighted by molar-refractivity contribution is -0.306. The number of benzene rings is 2. The van der Waals surface area contributed by atoms with Crippen LogP contribution in [0.25, 0.3) is 10.8 Å². The van der Waals surface area contributed by atoms with Crippen molar-refractivity contribution < 1.29 is 19.4 Å². The van der Waals surface area contributed by atoms with Crippen molar-refractivity contribution in [1.29, 1.82) is 0 Å². The Morgan fingerprint density at radius 2 is 1.78 bits per heavy atom. The standard InChI is InChI=1S/C18H21NO4/c1-18(2,3)23-17(22)19-15(11-16(20)21)14-10-6-8-12-7-4-5-9-13(12)14/h4-10,15H,11H2,1-3H3,(H,19,22)(H,20,21)/p-1/t15-/m1/s1. The summed E-state index contributed by atoms with van der Waals surface area (Å²) in [7, 11) is 0. The molecular weight excluding hydrogens is 294 g/mol. The monoisotopic (exact) mass is 314 g/mol. The van der Waals surface area contributed by atoms with Crippen molar-refractivity contribution in [3.05, 3.63) is 48.0 Å². The lowest BCUT2D eigenvalue weighted by Crippen LogP contribution is -2.37. The number of amides is 1. The number of ether oxygens (including phenoxy) is 1. The van der Waals surface area contributed by atoms with Gasteiger partial charge in [-0.05, 0) is 37.1 Å². The minimum atomic E-state index is -1.24. The summed E-state index contributed by atoms with van der Waals surface area (Å²) in [6, 6.07) is 12.4. The van der Waals surface area contributed by atoms with Crippen molar-refractivity contribution in [3.8, 4) is 0 Å². The predicted octanol–water partition coefficient (Wildman–Crippen LogP) is 2.55. The van der Waals surface area contributed by atoms with E-state index in [4.69, 9.17) is 4.74 Å². The van der Waals surface area contributed by atoms with Gasteiger partial charge in [-0.25, -0.2) is 4.79 Å². The number of fused-ring (bicyclic) bond motifs is 1. The number of alkyl carbamates (subject to hydrolysis) is 1. The van der Waals surface area contributed by atoms with Crippen LogP contribution in [-0.2, 0) is 9.53 Å². The molecule has 0 fully saturated rings. The zero-order chi connectivity index (χ0) is 17.0. The highest BCUT2D eigenvalue weighted by atomic mass is 16.6. The van der Waals surface area contributed by atoms with Gasteiger partial charge >= 0.3 is 6.09 Å². The summed E-state index contributed by atoms with van der Waals surface area (Å²) >= 11 is 0. The minimum absolute atomic E-state index is 0.326. The molecule has 2 aromatic rings. The van der Waals surface area contributed by atoms with Crippen LogP contribution in [0.1, 0.15) is 38.8 Å². The van der Waals surface area contributed by atoms with Crippen LogP contribution in [-0.4, -0.2) is 17.7 Å². The van der Waals surface area contributed by atoms with Crippen molar-refractivity contribution in [3.63, 3.8) is 0 Å². The Hall–Kier alpha value is -2.56. The highest BCUT2D eigenvalue weighted by Crippen LogP contribution is 2.26. The molecule has 5 heteroatoms. The van der Waals surface area contributed by atoms with Crippen LogP contribution in [0.2, 0.25) is 0 Å². The fraction of sp³-hybridized carbons (Fsp3) is 0.333. The summed E-state index contributed by atoms with van der Waals surface area (Å²) in [5.41, 5.74) is 0.0626. The first-order valence-electron chi connectivity index (χ1n) is 7.43. The molecule has 1 N–H and O–H groups in total. The molecule has 0 aliphatic carbocycles. The average Bonchev–Trinajstić information content (AvgIpc) is 2.43. The summed E-state index contributed by atoms with van der Waals surface area (Å²) < 4.78 is 5.22. The Morgan fingerprint density at radius 3 is 2.43 bits per heavy atom. The van der Waals surface area contributed by atoms with E-state index < -0.39 is 23.7 Å². The topological polar surface area (TPSA) is 78.5 Å². The van der Waals surface area contributed by atoms with Crippen molar-refractivity contribution in [2.45, 2.75) is 38.8 Å². The molecule has 1 amide bonds. The maximum absolute atomic E-state index is 12.0. The predicted molar refractivity (Wildman–Crippen MR) is 85.7 cm³/mol. The maximum Gasteiger partial charge on any atom is 0.408 e. The molecule has 23 heavy (non-hydrogen) atoms. The highest BCUT2D eigenvalue weighted by Gasteiger charge is 2.21. The third-order valence-electron chi connectivity index (χ3n) is 3.26. The van der Waals surface area contributed by atoms with E-state index in [1.807, 2.05) is 36.4 Å². The lowest BCUT2D eigenvalue weighted by Gasteiger charge is -2.25. The van der Waals surface area contributed by atoms with Crippen molar-refractivity contribution in [2.75, 3.05) is 0 Å². The fourth-order valence-electron chi connectivity index (χ4n) is 2.41. The lowest BCUT2D eigenvalue weighted by atomic mass is 9.97. The van der Waals surface area contributed by atoms with E-state index >= 15 is 0 Å². The summed E-state index contributed by atoms with van der Waals surface area (Å²) in [4.78, 5) is 23.1. The quantitative estimate of drug-likeness (QED) is 0.940. The number of carboxylic acids is 1. The first kappa shape index (κ1) is 16.8. The van der Waals surface area contributed by atoms with Gasteiger partial charge in [0.2, 0.25) is 0 Å². The Labute approximate surface area is 135 Å². The molecule has 2 aromatic carbocycles. The summed E-state index contributed by atoms with van der Waals surface area (Å²) in [5.74, 6) is -1.24. The zero-order valence-corrected chi connectivity index (χ0v) is 13.5. The first-order valence-corrected chi connectivity index (χ1v) is 7.43. The van der Waals surface area contributed by atoms with Gasteiger partial charge in [-0.1, -0.05) is 42.5 Å². The largest absolute Gasteiger partial charge is 0.550 e. The molecule has 0 radical (unpaired) electrons. The third-order valence-corrected chi connectivity index (χ3v) is 3.26. The van der Waals surface area contributed by atoms with Crippen LogP contribution in [0.5, 0.6) is 0 Å². The summed E-state index contributed by atoms with van der Waals surface area (Å²) in [6.07, 6.45) is -0.982. The first-order chi connectivity index (χ1) is 10.8. The van der Waals surface area contributed by atoms with Crippen molar-refractivity contribution in [2.24, 2.45) is 0 Å². The smallest absolute Gasteiger partial charge is 0.408 e. The second kappa shape index (κ2) is 6.69. The number of hydrogen-bond donors (Lipinski definition) is 1. The number of carbonyl (C=O) groups excluding carboxylic acids is 2. The number of aliphatic carboxylic acids is 1. The van der Waals surface area contributed by atoms with Gasteiger partial charge in [0.15, 0.2) is 0 Å². The molecular formula is C18H20NO4-. The number of carboxylic acid groups (broad SMARTS) is 1. The minimum Gasteiger partial charge on any atom is -0.550 e. The molecule has 122 valence electrons. The van der Waals surface area contributed by atoms with Gasteiger partial charge in [0.05, 0.1) is 6.04 Å². The van der Waals surface area contributed by atoms with E-state index in [0.717, 1.165) is 16.3 Å². The van der Waals surface area contributed by atoms with Crippen LogP contribution >= 0.6 is 0 Å². The van der Waals surface area contributed by atoms with Crippen LogP contribution < -0.4 is 10.4 Å². The Kier molecular flexibility index (Phi) is 4.89.